The molecule has 0 saturated carbocycles. The summed E-state index contributed by atoms with van der Waals surface area (Å²) in [5.74, 6) is 0. The molecule has 1 aromatic carbocycles. The maximum Gasteiger partial charge on any atom is 3.00 e. The summed E-state index contributed by atoms with van der Waals surface area (Å²) >= 11 is 0. The second-order valence-electron chi connectivity index (χ2n) is 6.37. The van der Waals surface area contributed by atoms with Crippen LogP contribution in [0.2, 0.25) is 0 Å². The van der Waals surface area contributed by atoms with Crippen LogP contribution in [0.25, 0.3) is 10.9 Å². The Balaban J connectivity index is 0. The predicted octanol–water partition coefficient (Wildman–Crippen LogP) is -0.798. The van der Waals surface area contributed by atoms with Crippen LogP contribution in [-0.4, -0.2) is 32.1 Å². The fourth-order valence-corrected chi connectivity index (χ4v) is 3.00. The Kier molecular flexibility index (Phi) is 15.2. The summed E-state index contributed by atoms with van der Waals surface area (Å²) in [7, 11) is 4.26. The summed E-state index contributed by atoms with van der Waals surface area (Å²) in [6, 6.07) is 9.07. The number of nitrogens with zero attached hydrogens (tertiary/aromatic N) is 2. The average Bonchev–Trinajstić information content (AvgIpc) is 2.94. The van der Waals surface area contributed by atoms with Crippen molar-refractivity contribution < 1.29 is 46.5 Å². The van der Waals surface area contributed by atoms with Gasteiger partial charge in [0, 0.05) is 6.54 Å². The molecule has 1 aliphatic carbocycles. The molecule has 25 heavy (non-hydrogen) atoms. The summed E-state index contributed by atoms with van der Waals surface area (Å²) in [5.41, 5.74) is 5.67. The van der Waals surface area contributed by atoms with E-state index in [0.29, 0.717) is 0 Å². The molecule has 0 fully saturated rings. The van der Waals surface area contributed by atoms with E-state index in [2.05, 4.69) is 69.3 Å². The van der Waals surface area contributed by atoms with E-state index in [-0.39, 0.29) is 52.6 Å². The Hall–Kier alpha value is -0.0857. The van der Waals surface area contributed by atoms with Gasteiger partial charge >= 0.3 is 21.7 Å². The number of rotatable bonds is 8. The molecule has 0 amide bonds. The number of likely N-dealkylation sites (N-methyl/N-ethyl adjacent to an activating group) is 1. The van der Waals surface area contributed by atoms with Crippen molar-refractivity contribution in [3.63, 3.8) is 0 Å². The van der Waals surface area contributed by atoms with Crippen LogP contribution in [0.4, 0.5) is 0 Å². The van der Waals surface area contributed by atoms with E-state index in [1.165, 1.54) is 35.1 Å². The zero-order valence-corrected chi connectivity index (χ0v) is 18.8. The zero-order chi connectivity index (χ0) is 15.9. The van der Waals surface area contributed by atoms with E-state index >= 15 is 0 Å². The largest absolute Gasteiger partial charge is 3.00 e. The molecule has 0 saturated heterocycles. The number of halogens is 2. The van der Waals surface area contributed by atoms with Gasteiger partial charge in [-0.3, -0.25) is 0 Å². The van der Waals surface area contributed by atoms with Gasteiger partial charge in [0.15, 0.2) is 0 Å². The molecule has 1 atom stereocenters. The van der Waals surface area contributed by atoms with E-state index in [9.17, 15) is 0 Å². The number of allylic oxidation sites excluding steroid dienone is 2. The first-order valence-corrected chi connectivity index (χ1v) is 8.42. The van der Waals surface area contributed by atoms with Gasteiger partial charge in [0.1, 0.15) is 0 Å². The van der Waals surface area contributed by atoms with Crippen LogP contribution < -0.4 is 24.8 Å². The van der Waals surface area contributed by atoms with E-state index in [0.717, 1.165) is 19.5 Å². The molecule has 0 bridgehead atoms. The quantitative estimate of drug-likeness (QED) is 0.401. The molecule has 0 aliphatic heterocycles. The molecule has 1 unspecified atom stereocenters. The Morgan fingerprint density at radius 1 is 1.16 bits per heavy atom. The van der Waals surface area contributed by atoms with Crippen molar-refractivity contribution in [1.29, 1.82) is 0 Å². The molecular weight excluding hydrogens is 387 g/mol. The molecule has 5 heteroatoms. The van der Waals surface area contributed by atoms with Crippen molar-refractivity contribution in [2.45, 2.75) is 39.2 Å². The third-order valence-electron chi connectivity index (χ3n) is 4.17. The second-order valence-corrected chi connectivity index (χ2v) is 6.37. The smallest absolute Gasteiger partial charge is 1.00 e. The third-order valence-corrected chi connectivity index (χ3v) is 4.17. The van der Waals surface area contributed by atoms with Crippen LogP contribution >= 0.6 is 0 Å². The first-order valence-electron chi connectivity index (χ1n) is 8.42. The van der Waals surface area contributed by atoms with E-state index in [4.69, 9.17) is 5.32 Å². The van der Waals surface area contributed by atoms with Crippen LogP contribution in [0.5, 0.6) is 0 Å². The van der Waals surface area contributed by atoms with Gasteiger partial charge in [-0.05, 0) is 37.2 Å². The third kappa shape index (κ3) is 7.99. The maximum atomic E-state index is 4.85. The summed E-state index contributed by atoms with van der Waals surface area (Å²) in [5, 5.41) is 4.85. The van der Waals surface area contributed by atoms with Gasteiger partial charge in [-0.25, -0.2) is 0 Å². The van der Waals surface area contributed by atoms with Gasteiger partial charge in [-0.15, -0.1) is 12.6 Å². The number of hydrogen-bond donors (Lipinski definition) is 0. The molecular formula is C20H29Cl2N2Ti. The minimum absolute atomic E-state index is 0. The molecule has 0 aromatic heterocycles. The van der Waals surface area contributed by atoms with Crippen molar-refractivity contribution in [3.05, 3.63) is 58.4 Å². The van der Waals surface area contributed by atoms with Crippen LogP contribution in [0.1, 0.15) is 50.3 Å². The van der Waals surface area contributed by atoms with Gasteiger partial charge in [0.05, 0.1) is 0 Å². The van der Waals surface area contributed by atoms with Crippen molar-refractivity contribution in [2.75, 3.05) is 27.2 Å². The molecule has 2 nitrogen and oxygen atoms in total. The second kappa shape index (κ2) is 14.0. The molecule has 0 spiro atoms. The van der Waals surface area contributed by atoms with Gasteiger partial charge in [0.2, 0.25) is 0 Å². The first-order chi connectivity index (χ1) is 10.6. The SMILES string of the molecule is CCCC[N-]C(C)c1ccccc1C1=C(CN(C)C)C=CC1.[Cl-].[Cl-].[Ti+3]. The van der Waals surface area contributed by atoms with Gasteiger partial charge in [-0.1, -0.05) is 68.7 Å². The van der Waals surface area contributed by atoms with Gasteiger partial charge < -0.3 is 35.0 Å². The predicted molar refractivity (Wildman–Crippen MR) is 97.2 cm³/mol. The molecule has 137 valence electrons. The maximum absolute atomic E-state index is 4.85. The normalized spacial score (nSPS) is 14.0. The van der Waals surface area contributed by atoms with E-state index in [1.54, 1.807) is 0 Å². The summed E-state index contributed by atoms with van der Waals surface area (Å²) in [4.78, 5) is 2.24. The average molecular weight is 416 g/mol. The summed E-state index contributed by atoms with van der Waals surface area (Å²) in [6.07, 6.45) is 8.00. The van der Waals surface area contributed by atoms with Crippen LogP contribution in [0, 0.1) is 0 Å². The van der Waals surface area contributed by atoms with Gasteiger partial charge in [-0.2, -0.15) is 0 Å². The van der Waals surface area contributed by atoms with Crippen molar-refractivity contribution in [2.24, 2.45) is 0 Å². The van der Waals surface area contributed by atoms with E-state index < -0.39 is 0 Å². The van der Waals surface area contributed by atoms with Crippen molar-refractivity contribution in [1.82, 2.24) is 4.90 Å². The van der Waals surface area contributed by atoms with Crippen LogP contribution in [0.15, 0.2) is 42.0 Å². The number of benzene rings is 1. The minimum Gasteiger partial charge on any atom is -1.00 e. The van der Waals surface area contributed by atoms with Crippen LogP contribution in [0.3, 0.4) is 0 Å². The Morgan fingerprint density at radius 2 is 1.84 bits per heavy atom. The summed E-state index contributed by atoms with van der Waals surface area (Å²) in [6.45, 7) is 6.41. The molecule has 1 radical (unpaired) electrons. The van der Waals surface area contributed by atoms with Gasteiger partial charge in [0.25, 0.3) is 0 Å². The molecule has 1 aromatic rings. The number of unbranched alkanes of at least 4 members (excludes halogenated alkanes) is 1. The standard InChI is InChI=1S/C20H29N2.2ClH.Ti/c1-5-6-14-21-16(2)18-11-7-8-12-20(18)19-13-9-10-17(19)15-22(3)4;;;/h7-12,16H,5-6,13-15H2,1-4H3;2*1H;/q-1;;;+3/p-2. The Morgan fingerprint density at radius 3 is 2.48 bits per heavy atom. The molecule has 1 aliphatic rings. The minimum atomic E-state index is 0. The van der Waals surface area contributed by atoms with Crippen molar-refractivity contribution >= 4 is 5.57 Å². The number of hydrogen-bond acceptors (Lipinski definition) is 1. The van der Waals surface area contributed by atoms with E-state index in [1.807, 2.05) is 0 Å². The monoisotopic (exact) mass is 415 g/mol. The fraction of sp³-hybridized carbons (Fsp3) is 0.500. The Labute approximate surface area is 181 Å². The topological polar surface area (TPSA) is 17.3 Å². The molecule has 0 N–H and O–H groups in total. The Bertz CT molecular complexity index is 556. The molecule has 0 heterocycles. The zero-order valence-electron chi connectivity index (χ0n) is 15.7. The van der Waals surface area contributed by atoms with Crippen molar-refractivity contribution in [3.8, 4) is 0 Å². The fourth-order valence-electron chi connectivity index (χ4n) is 3.00. The summed E-state index contributed by atoms with van der Waals surface area (Å²) < 4.78 is 0. The van der Waals surface area contributed by atoms with Crippen LogP contribution in [-0.2, 0) is 21.7 Å². The molecule has 2 rings (SSSR count). The first kappa shape index (κ1) is 27.1.